The lowest BCUT2D eigenvalue weighted by molar-refractivity contribution is 0.0660. The van der Waals surface area contributed by atoms with Gasteiger partial charge in [-0.15, -0.1) is 0 Å². The molecule has 0 saturated carbocycles. The highest BCUT2D eigenvalue weighted by Gasteiger charge is 2.26. The van der Waals surface area contributed by atoms with Crippen molar-refractivity contribution >= 4 is 45.5 Å². The van der Waals surface area contributed by atoms with E-state index in [1.54, 1.807) is 12.1 Å². The lowest BCUT2D eigenvalue weighted by atomic mass is 10.0. The second-order valence-corrected chi connectivity index (χ2v) is 7.36. The summed E-state index contributed by atoms with van der Waals surface area (Å²) in [5.74, 6) is -1.88. The van der Waals surface area contributed by atoms with Crippen LogP contribution in [0.4, 0.5) is 8.78 Å². The molecule has 0 aliphatic heterocycles. The van der Waals surface area contributed by atoms with E-state index in [4.69, 9.17) is 21.4 Å². The Morgan fingerprint density at radius 1 is 1.37 bits per heavy atom. The van der Waals surface area contributed by atoms with Gasteiger partial charge in [0, 0.05) is 21.9 Å². The molecule has 142 valence electrons. The quantitative estimate of drug-likeness (QED) is 0.302. The number of benzene rings is 1. The van der Waals surface area contributed by atoms with E-state index in [2.05, 4.69) is 4.98 Å². The Morgan fingerprint density at radius 2 is 2.15 bits per heavy atom. The predicted octanol–water partition coefficient (Wildman–Crippen LogP) is 3.65. The topological polar surface area (TPSA) is 63.8 Å². The van der Waals surface area contributed by atoms with Crippen molar-refractivity contribution in [2.45, 2.75) is 6.42 Å². The predicted molar refractivity (Wildman–Crippen MR) is 104 cm³/mol. The molecular formula is C18H14ClF2IN2O3. The third kappa shape index (κ3) is 4.13. The summed E-state index contributed by atoms with van der Waals surface area (Å²) in [6.07, 6.45) is 2.57. The standard InChI is InChI=1S/C18H14ClF2IN2O3/c19-12-7-23-9-24-14(5-10-1-2-11(22)6-13(10)20)16(17(21)18(12)24)15(26)8-27-4-3-25/h1-2,6-7,9,25H,3-5,8H2. The van der Waals surface area contributed by atoms with Gasteiger partial charge in [-0.3, -0.25) is 9.20 Å². The third-order valence-corrected chi connectivity index (χ3v) is 4.91. The van der Waals surface area contributed by atoms with Crippen LogP contribution in [0.25, 0.3) is 5.52 Å². The second kappa shape index (κ2) is 8.59. The lowest BCUT2D eigenvalue weighted by Crippen LogP contribution is -2.14. The highest BCUT2D eigenvalue weighted by Crippen LogP contribution is 2.30. The van der Waals surface area contributed by atoms with Crippen LogP contribution >= 0.6 is 34.2 Å². The number of halogens is 4. The monoisotopic (exact) mass is 506 g/mol. The van der Waals surface area contributed by atoms with Crippen LogP contribution in [0.2, 0.25) is 5.02 Å². The van der Waals surface area contributed by atoms with Crippen molar-refractivity contribution < 1.29 is 23.4 Å². The summed E-state index contributed by atoms with van der Waals surface area (Å²) in [5, 5.41) is 8.81. The fraction of sp³-hybridized carbons (Fsp3) is 0.222. The zero-order valence-electron chi connectivity index (χ0n) is 13.9. The first-order valence-electron chi connectivity index (χ1n) is 7.91. The molecule has 5 nitrogen and oxygen atoms in total. The number of ether oxygens (including phenoxy) is 1. The second-order valence-electron chi connectivity index (χ2n) is 5.71. The molecule has 0 spiro atoms. The maximum absolute atomic E-state index is 15.0. The van der Waals surface area contributed by atoms with E-state index in [1.807, 2.05) is 22.6 Å². The van der Waals surface area contributed by atoms with Crippen LogP contribution in [-0.2, 0) is 11.2 Å². The van der Waals surface area contributed by atoms with E-state index in [0.29, 0.717) is 5.56 Å². The van der Waals surface area contributed by atoms with Crippen molar-refractivity contribution in [1.29, 1.82) is 0 Å². The van der Waals surface area contributed by atoms with Crippen molar-refractivity contribution in [2.75, 3.05) is 19.8 Å². The summed E-state index contributed by atoms with van der Waals surface area (Å²) >= 11 is 8.05. The van der Waals surface area contributed by atoms with E-state index in [9.17, 15) is 9.18 Å². The molecule has 3 rings (SSSR count). The van der Waals surface area contributed by atoms with Gasteiger partial charge in [-0.2, -0.15) is 0 Å². The minimum Gasteiger partial charge on any atom is -0.394 e. The summed E-state index contributed by atoms with van der Waals surface area (Å²) in [7, 11) is 0. The maximum Gasteiger partial charge on any atom is 0.193 e. The summed E-state index contributed by atoms with van der Waals surface area (Å²) < 4.78 is 36.4. The Morgan fingerprint density at radius 3 is 2.85 bits per heavy atom. The Labute approximate surface area is 172 Å². The zero-order valence-corrected chi connectivity index (χ0v) is 16.8. The van der Waals surface area contributed by atoms with E-state index >= 15 is 4.39 Å². The minimum atomic E-state index is -0.805. The first-order chi connectivity index (χ1) is 12.9. The fourth-order valence-corrected chi connectivity index (χ4v) is 3.47. The van der Waals surface area contributed by atoms with E-state index in [-0.39, 0.29) is 41.4 Å². The van der Waals surface area contributed by atoms with Crippen LogP contribution in [0, 0.1) is 15.2 Å². The molecule has 0 amide bonds. The van der Waals surface area contributed by atoms with E-state index in [0.717, 1.165) is 3.57 Å². The van der Waals surface area contributed by atoms with E-state index in [1.165, 1.54) is 23.0 Å². The number of aliphatic hydroxyl groups is 1. The molecule has 0 fully saturated rings. The number of carbonyl (C=O) groups is 1. The van der Waals surface area contributed by atoms with Gasteiger partial charge in [0.2, 0.25) is 0 Å². The molecule has 0 aliphatic rings. The van der Waals surface area contributed by atoms with Gasteiger partial charge in [0.25, 0.3) is 0 Å². The number of hydrogen-bond donors (Lipinski definition) is 1. The number of fused-ring (bicyclic) bond motifs is 1. The summed E-state index contributed by atoms with van der Waals surface area (Å²) in [4.78, 5) is 16.5. The summed E-state index contributed by atoms with van der Waals surface area (Å²) in [5.41, 5.74) is 0.314. The van der Waals surface area contributed by atoms with Crippen LogP contribution in [-0.4, -0.2) is 40.1 Å². The van der Waals surface area contributed by atoms with Gasteiger partial charge in [-0.1, -0.05) is 17.7 Å². The minimum absolute atomic E-state index is 0.00176. The van der Waals surface area contributed by atoms with Gasteiger partial charge in [0.05, 0.1) is 30.1 Å². The molecule has 27 heavy (non-hydrogen) atoms. The number of ketones is 1. The average Bonchev–Trinajstić information content (AvgIpc) is 2.91. The molecule has 1 aromatic carbocycles. The van der Waals surface area contributed by atoms with Gasteiger partial charge >= 0.3 is 0 Å². The molecule has 1 N–H and O–H groups in total. The molecule has 9 heteroatoms. The smallest absolute Gasteiger partial charge is 0.193 e. The molecular weight excluding hydrogens is 493 g/mol. The Bertz CT molecular complexity index is 1010. The number of hydrogen-bond acceptors (Lipinski definition) is 4. The normalized spacial score (nSPS) is 11.3. The third-order valence-electron chi connectivity index (χ3n) is 3.96. The number of carbonyl (C=O) groups excluding carboxylic acids is 1. The molecule has 3 aromatic rings. The SMILES string of the molecule is O=C(COCCO)c1c(F)c2c(Cl)cncn2c1Cc1ccc(I)cc1F. The van der Waals surface area contributed by atoms with Crippen LogP contribution in [0.5, 0.6) is 0 Å². The van der Waals surface area contributed by atoms with Gasteiger partial charge in [-0.25, -0.2) is 13.8 Å². The number of aliphatic hydroxyl groups excluding tert-OH is 1. The van der Waals surface area contributed by atoms with Gasteiger partial charge in [-0.05, 0) is 40.3 Å². The number of aromatic nitrogens is 2. The maximum atomic E-state index is 15.0. The molecule has 0 aliphatic carbocycles. The molecule has 0 unspecified atom stereocenters. The van der Waals surface area contributed by atoms with Crippen LogP contribution in [0.15, 0.2) is 30.7 Å². The highest BCUT2D eigenvalue weighted by atomic mass is 127. The molecule has 2 aromatic heterocycles. The van der Waals surface area contributed by atoms with Gasteiger partial charge < -0.3 is 9.84 Å². The fourth-order valence-electron chi connectivity index (χ4n) is 2.78. The Hall–Kier alpha value is -1.62. The lowest BCUT2D eigenvalue weighted by Gasteiger charge is -2.08. The summed E-state index contributed by atoms with van der Waals surface area (Å²) in [6.45, 7) is -0.727. The van der Waals surface area contributed by atoms with Crippen LogP contribution in [0.1, 0.15) is 21.6 Å². The van der Waals surface area contributed by atoms with Crippen molar-refractivity contribution in [1.82, 2.24) is 9.38 Å². The zero-order chi connectivity index (χ0) is 19.6. The van der Waals surface area contributed by atoms with Crippen molar-refractivity contribution in [2.24, 2.45) is 0 Å². The van der Waals surface area contributed by atoms with Crippen molar-refractivity contribution in [3.63, 3.8) is 0 Å². The van der Waals surface area contributed by atoms with Crippen molar-refractivity contribution in [3.8, 4) is 0 Å². The first kappa shape index (κ1) is 20.1. The number of nitrogens with zero attached hydrogens (tertiary/aromatic N) is 2. The summed E-state index contributed by atoms with van der Waals surface area (Å²) in [6, 6.07) is 4.67. The first-order valence-corrected chi connectivity index (χ1v) is 9.37. The Balaban J connectivity index is 2.12. The highest BCUT2D eigenvalue weighted by molar-refractivity contribution is 14.1. The molecule has 0 atom stereocenters. The average molecular weight is 507 g/mol. The number of Topliss-reactive ketones (excluding diaryl/α,β-unsaturated/α-hetero) is 1. The Kier molecular flexibility index (Phi) is 6.40. The van der Waals surface area contributed by atoms with Gasteiger partial charge in [0.15, 0.2) is 11.6 Å². The molecule has 0 radical (unpaired) electrons. The van der Waals surface area contributed by atoms with Gasteiger partial charge in [0.1, 0.15) is 17.9 Å². The largest absolute Gasteiger partial charge is 0.394 e. The molecule has 0 bridgehead atoms. The number of rotatable bonds is 7. The van der Waals surface area contributed by atoms with Crippen LogP contribution in [0.3, 0.4) is 0 Å². The molecule has 2 heterocycles. The van der Waals surface area contributed by atoms with Crippen molar-refractivity contribution in [3.05, 3.63) is 67.8 Å². The molecule has 0 saturated heterocycles. The van der Waals surface area contributed by atoms with Crippen LogP contribution < -0.4 is 0 Å². The van der Waals surface area contributed by atoms with E-state index < -0.39 is 24.0 Å².